The molecular weight excluding hydrogens is 210 g/mol. The maximum absolute atomic E-state index is 9.94. The number of phenolic OH excluding ortho intramolecular Hbond substituents is 1. The number of likely N-dealkylation sites (tertiary alicyclic amines) is 1. The third-order valence-corrected chi connectivity index (χ3v) is 4.03. The minimum Gasteiger partial charge on any atom is -0.508 e. The van der Waals surface area contributed by atoms with Crippen molar-refractivity contribution in [2.75, 3.05) is 6.54 Å². The zero-order chi connectivity index (χ0) is 12.3. The average molecular weight is 233 g/mol. The molecule has 2 nitrogen and oxygen atoms in total. The van der Waals surface area contributed by atoms with Gasteiger partial charge in [-0.25, -0.2) is 0 Å². The van der Waals surface area contributed by atoms with Gasteiger partial charge in [-0.2, -0.15) is 0 Å². The highest BCUT2D eigenvalue weighted by atomic mass is 16.3. The highest BCUT2D eigenvalue weighted by Crippen LogP contribution is 2.33. The van der Waals surface area contributed by atoms with Gasteiger partial charge in [-0.3, -0.25) is 4.90 Å². The van der Waals surface area contributed by atoms with E-state index in [1.165, 1.54) is 25.7 Å². The van der Waals surface area contributed by atoms with Crippen LogP contribution in [0.4, 0.5) is 0 Å². The van der Waals surface area contributed by atoms with Crippen molar-refractivity contribution >= 4 is 0 Å². The van der Waals surface area contributed by atoms with Gasteiger partial charge in [-0.15, -0.1) is 0 Å². The van der Waals surface area contributed by atoms with E-state index in [4.69, 9.17) is 0 Å². The van der Waals surface area contributed by atoms with E-state index in [0.717, 1.165) is 12.1 Å². The maximum atomic E-state index is 9.94. The van der Waals surface area contributed by atoms with Crippen LogP contribution < -0.4 is 0 Å². The van der Waals surface area contributed by atoms with Gasteiger partial charge in [0.05, 0.1) is 0 Å². The highest BCUT2D eigenvalue weighted by molar-refractivity contribution is 5.34. The lowest BCUT2D eigenvalue weighted by molar-refractivity contribution is 0.0988. The van der Waals surface area contributed by atoms with Crippen LogP contribution in [0.2, 0.25) is 0 Å². The molecule has 0 saturated carbocycles. The predicted molar refractivity (Wildman–Crippen MR) is 71.2 cm³/mol. The minimum atomic E-state index is 0.321. The van der Waals surface area contributed by atoms with Gasteiger partial charge in [-0.05, 0) is 38.8 Å². The van der Waals surface area contributed by atoms with Gasteiger partial charge in [0.1, 0.15) is 5.75 Å². The van der Waals surface area contributed by atoms with Crippen molar-refractivity contribution in [3.63, 3.8) is 0 Å². The lowest BCUT2D eigenvalue weighted by atomic mass is 9.95. The zero-order valence-corrected chi connectivity index (χ0v) is 10.9. The van der Waals surface area contributed by atoms with E-state index in [-0.39, 0.29) is 0 Å². The smallest absolute Gasteiger partial charge is 0.120 e. The van der Waals surface area contributed by atoms with E-state index < -0.39 is 0 Å². The van der Waals surface area contributed by atoms with E-state index in [1.807, 2.05) is 18.2 Å². The molecule has 1 aliphatic rings. The van der Waals surface area contributed by atoms with Gasteiger partial charge in [-0.1, -0.05) is 31.5 Å². The molecule has 2 heteroatoms. The number of nitrogens with zero attached hydrogens (tertiary/aromatic N) is 1. The van der Waals surface area contributed by atoms with Gasteiger partial charge >= 0.3 is 0 Å². The Kier molecular flexibility index (Phi) is 4.06. The largest absolute Gasteiger partial charge is 0.508 e. The third kappa shape index (κ3) is 2.63. The first-order valence-electron chi connectivity index (χ1n) is 6.77. The summed E-state index contributed by atoms with van der Waals surface area (Å²) >= 11 is 0. The summed E-state index contributed by atoms with van der Waals surface area (Å²) in [4.78, 5) is 2.55. The number of hydrogen-bond donors (Lipinski definition) is 1. The maximum Gasteiger partial charge on any atom is 0.120 e. The first kappa shape index (κ1) is 12.4. The van der Waals surface area contributed by atoms with E-state index in [2.05, 4.69) is 18.7 Å². The molecule has 0 aromatic heterocycles. The zero-order valence-electron chi connectivity index (χ0n) is 10.9. The number of phenols is 1. The van der Waals surface area contributed by atoms with Crippen molar-refractivity contribution < 1.29 is 5.11 Å². The monoisotopic (exact) mass is 233 g/mol. The average Bonchev–Trinajstić information content (AvgIpc) is 2.38. The molecule has 1 saturated heterocycles. The van der Waals surface area contributed by atoms with Crippen molar-refractivity contribution in [3.8, 4) is 5.75 Å². The molecule has 1 aliphatic heterocycles. The summed E-state index contributed by atoms with van der Waals surface area (Å²) in [6, 6.07) is 8.73. The lowest BCUT2D eigenvalue weighted by Gasteiger charge is -2.39. The Morgan fingerprint density at radius 1 is 1.35 bits per heavy atom. The topological polar surface area (TPSA) is 23.5 Å². The molecule has 0 bridgehead atoms. The van der Waals surface area contributed by atoms with Crippen LogP contribution in [0, 0.1) is 0 Å². The van der Waals surface area contributed by atoms with Gasteiger partial charge in [0, 0.05) is 17.6 Å². The molecular formula is C15H23NO. The Balaban J connectivity index is 2.18. The number of para-hydroxylation sites is 1. The van der Waals surface area contributed by atoms with Crippen LogP contribution in [0.25, 0.3) is 0 Å². The van der Waals surface area contributed by atoms with Crippen LogP contribution in [-0.2, 0) is 0 Å². The molecule has 1 aromatic rings. The third-order valence-electron chi connectivity index (χ3n) is 4.03. The molecule has 0 aliphatic carbocycles. The molecule has 0 spiro atoms. The molecule has 2 unspecified atom stereocenters. The van der Waals surface area contributed by atoms with Crippen molar-refractivity contribution in [2.45, 2.75) is 51.6 Å². The Morgan fingerprint density at radius 2 is 2.12 bits per heavy atom. The van der Waals surface area contributed by atoms with Crippen LogP contribution in [0.5, 0.6) is 5.75 Å². The second-order valence-corrected chi connectivity index (χ2v) is 5.03. The molecule has 2 atom stereocenters. The molecule has 0 amide bonds. The first-order chi connectivity index (χ1) is 8.24. The second-order valence-electron chi connectivity index (χ2n) is 5.03. The molecule has 17 heavy (non-hydrogen) atoms. The van der Waals surface area contributed by atoms with Crippen molar-refractivity contribution in [1.82, 2.24) is 4.90 Å². The van der Waals surface area contributed by atoms with Gasteiger partial charge in [0.25, 0.3) is 0 Å². The SMILES string of the molecule is CCC1CCCCN1C(C)c1ccccc1O. The van der Waals surface area contributed by atoms with Gasteiger partial charge < -0.3 is 5.11 Å². The van der Waals surface area contributed by atoms with Crippen LogP contribution >= 0.6 is 0 Å². The summed E-state index contributed by atoms with van der Waals surface area (Å²) in [7, 11) is 0. The standard InChI is InChI=1S/C15H23NO/c1-3-13-8-6-7-11-16(13)12(2)14-9-4-5-10-15(14)17/h4-5,9-10,12-13,17H,3,6-8,11H2,1-2H3. The number of benzene rings is 1. The van der Waals surface area contributed by atoms with Crippen LogP contribution in [0.15, 0.2) is 24.3 Å². The van der Waals surface area contributed by atoms with Gasteiger partial charge in [0.15, 0.2) is 0 Å². The summed E-state index contributed by atoms with van der Waals surface area (Å²) in [5.74, 6) is 0.431. The van der Waals surface area contributed by atoms with Crippen molar-refractivity contribution in [3.05, 3.63) is 29.8 Å². The molecule has 1 fully saturated rings. The minimum absolute atomic E-state index is 0.321. The van der Waals surface area contributed by atoms with E-state index in [0.29, 0.717) is 17.8 Å². The van der Waals surface area contributed by atoms with E-state index >= 15 is 0 Å². The predicted octanol–water partition coefficient (Wildman–Crippen LogP) is 3.72. The number of piperidine rings is 1. The fraction of sp³-hybridized carbons (Fsp3) is 0.600. The summed E-state index contributed by atoms with van der Waals surface area (Å²) in [5, 5.41) is 9.94. The van der Waals surface area contributed by atoms with Crippen LogP contribution in [0.3, 0.4) is 0 Å². The van der Waals surface area contributed by atoms with Crippen LogP contribution in [0.1, 0.15) is 51.1 Å². The molecule has 1 N–H and O–H groups in total. The second kappa shape index (κ2) is 5.54. The fourth-order valence-electron chi connectivity index (χ4n) is 2.99. The fourth-order valence-corrected chi connectivity index (χ4v) is 2.99. The Bertz CT molecular complexity index is 364. The quantitative estimate of drug-likeness (QED) is 0.860. The summed E-state index contributed by atoms with van der Waals surface area (Å²) in [6.45, 7) is 5.64. The van der Waals surface area contributed by atoms with Crippen molar-refractivity contribution in [2.24, 2.45) is 0 Å². The Hall–Kier alpha value is -1.02. The number of rotatable bonds is 3. The molecule has 1 aromatic carbocycles. The molecule has 1 heterocycles. The first-order valence-corrected chi connectivity index (χ1v) is 6.77. The summed E-state index contributed by atoms with van der Waals surface area (Å²) in [5.41, 5.74) is 1.06. The van der Waals surface area contributed by atoms with Gasteiger partial charge in [0.2, 0.25) is 0 Å². The normalized spacial score (nSPS) is 23.5. The molecule has 2 rings (SSSR count). The van der Waals surface area contributed by atoms with E-state index in [1.54, 1.807) is 6.07 Å². The van der Waals surface area contributed by atoms with E-state index in [9.17, 15) is 5.11 Å². The number of aromatic hydroxyl groups is 1. The highest BCUT2D eigenvalue weighted by Gasteiger charge is 2.26. The lowest BCUT2D eigenvalue weighted by Crippen LogP contribution is -2.40. The molecule has 0 radical (unpaired) electrons. The Morgan fingerprint density at radius 3 is 2.82 bits per heavy atom. The number of hydrogen-bond acceptors (Lipinski definition) is 2. The van der Waals surface area contributed by atoms with Crippen LogP contribution in [-0.4, -0.2) is 22.6 Å². The van der Waals surface area contributed by atoms with Crippen molar-refractivity contribution in [1.29, 1.82) is 0 Å². The Labute approximate surface area is 104 Å². The summed E-state index contributed by atoms with van der Waals surface area (Å²) < 4.78 is 0. The summed E-state index contributed by atoms with van der Waals surface area (Å²) in [6.07, 6.45) is 5.14. The molecule has 94 valence electrons.